The third kappa shape index (κ3) is 4.37. The number of carbonyl (C=O) groups is 2. The molecule has 0 bridgehead atoms. The summed E-state index contributed by atoms with van der Waals surface area (Å²) in [5, 5.41) is 2.86. The van der Waals surface area contributed by atoms with Crippen molar-refractivity contribution >= 4 is 23.2 Å². The largest absolute Gasteiger partial charge is 0.325 e. The van der Waals surface area contributed by atoms with Crippen LogP contribution < -0.4 is 16.0 Å². The molecule has 5 nitrogen and oxygen atoms in total. The topological polar surface area (TPSA) is 75.4 Å². The lowest BCUT2D eigenvalue weighted by Gasteiger charge is -2.23. The SMILES string of the molecule is CCCC(C)(N)C(=O)Nc1ccc(CC(=O)N2CCc3ccccc32)cc1. The van der Waals surface area contributed by atoms with Crippen molar-refractivity contribution in [1.82, 2.24) is 0 Å². The number of rotatable bonds is 6. The van der Waals surface area contributed by atoms with Crippen LogP contribution in [0.25, 0.3) is 0 Å². The smallest absolute Gasteiger partial charge is 0.244 e. The van der Waals surface area contributed by atoms with Gasteiger partial charge in [0.2, 0.25) is 11.8 Å². The van der Waals surface area contributed by atoms with E-state index in [1.54, 1.807) is 6.92 Å². The molecule has 5 heteroatoms. The number of anilines is 2. The van der Waals surface area contributed by atoms with Gasteiger partial charge in [0.05, 0.1) is 12.0 Å². The number of benzene rings is 2. The predicted octanol–water partition coefficient (Wildman–Crippen LogP) is 3.27. The number of carbonyl (C=O) groups excluding carboxylic acids is 2. The molecular weight excluding hydrogens is 338 g/mol. The van der Waals surface area contributed by atoms with E-state index in [0.717, 1.165) is 30.6 Å². The molecule has 1 aliphatic heterocycles. The van der Waals surface area contributed by atoms with Gasteiger partial charge in [0.25, 0.3) is 0 Å². The van der Waals surface area contributed by atoms with Gasteiger partial charge in [-0.1, -0.05) is 43.7 Å². The van der Waals surface area contributed by atoms with Gasteiger partial charge in [-0.2, -0.15) is 0 Å². The summed E-state index contributed by atoms with van der Waals surface area (Å²) < 4.78 is 0. The first-order chi connectivity index (χ1) is 12.9. The van der Waals surface area contributed by atoms with Crippen LogP contribution in [0.1, 0.15) is 37.8 Å². The van der Waals surface area contributed by atoms with Crippen LogP contribution in [0.5, 0.6) is 0 Å². The Kier molecular flexibility index (Phi) is 5.61. The first kappa shape index (κ1) is 19.1. The second-order valence-electron chi connectivity index (χ2n) is 7.42. The minimum absolute atomic E-state index is 0.0919. The fraction of sp³-hybridized carbons (Fsp3) is 0.364. The first-order valence-electron chi connectivity index (χ1n) is 9.48. The number of fused-ring (bicyclic) bond motifs is 1. The van der Waals surface area contributed by atoms with Crippen LogP contribution in [0.3, 0.4) is 0 Å². The van der Waals surface area contributed by atoms with Crippen LogP contribution in [0, 0.1) is 0 Å². The molecule has 27 heavy (non-hydrogen) atoms. The van der Waals surface area contributed by atoms with Gasteiger partial charge in [-0.15, -0.1) is 0 Å². The maximum Gasteiger partial charge on any atom is 0.244 e. The van der Waals surface area contributed by atoms with Crippen LogP contribution in [-0.2, 0) is 22.4 Å². The zero-order chi connectivity index (χ0) is 19.4. The number of nitrogens with one attached hydrogen (secondary N) is 1. The lowest BCUT2D eigenvalue weighted by molar-refractivity contribution is -0.121. The maximum atomic E-state index is 12.7. The Balaban J connectivity index is 1.61. The summed E-state index contributed by atoms with van der Waals surface area (Å²) in [7, 11) is 0. The first-order valence-corrected chi connectivity index (χ1v) is 9.48. The molecule has 0 aliphatic carbocycles. The third-order valence-electron chi connectivity index (χ3n) is 5.04. The van der Waals surface area contributed by atoms with Gasteiger partial charge in [0.1, 0.15) is 0 Å². The van der Waals surface area contributed by atoms with Crippen molar-refractivity contribution in [2.75, 3.05) is 16.8 Å². The van der Waals surface area contributed by atoms with E-state index in [2.05, 4.69) is 11.4 Å². The van der Waals surface area contributed by atoms with Crippen molar-refractivity contribution in [1.29, 1.82) is 0 Å². The van der Waals surface area contributed by atoms with E-state index in [9.17, 15) is 9.59 Å². The average molecular weight is 365 g/mol. The molecule has 3 N–H and O–H groups in total. The quantitative estimate of drug-likeness (QED) is 0.825. The summed E-state index contributed by atoms with van der Waals surface area (Å²) in [6.07, 6.45) is 2.72. The zero-order valence-electron chi connectivity index (χ0n) is 16.0. The van der Waals surface area contributed by atoms with Crippen molar-refractivity contribution in [3.8, 4) is 0 Å². The van der Waals surface area contributed by atoms with Crippen molar-refractivity contribution in [3.05, 3.63) is 59.7 Å². The van der Waals surface area contributed by atoms with Crippen molar-refractivity contribution < 1.29 is 9.59 Å². The van der Waals surface area contributed by atoms with Gasteiger partial charge >= 0.3 is 0 Å². The number of hydrogen-bond acceptors (Lipinski definition) is 3. The summed E-state index contributed by atoms with van der Waals surface area (Å²) in [4.78, 5) is 26.8. The molecule has 0 saturated heterocycles. The standard InChI is InChI=1S/C22H27N3O2/c1-3-13-22(2,23)21(27)24-18-10-8-16(9-11-18)15-20(26)25-14-12-17-6-4-5-7-19(17)25/h4-11H,3,12-15,23H2,1-2H3,(H,24,27). The molecule has 142 valence electrons. The highest BCUT2D eigenvalue weighted by Crippen LogP contribution is 2.28. The normalized spacial score (nSPS) is 15.1. The second kappa shape index (κ2) is 7.92. The molecule has 1 heterocycles. The molecule has 0 fully saturated rings. The van der Waals surface area contributed by atoms with Crippen LogP contribution in [0.2, 0.25) is 0 Å². The molecule has 3 rings (SSSR count). The summed E-state index contributed by atoms with van der Waals surface area (Å²) >= 11 is 0. The third-order valence-corrected chi connectivity index (χ3v) is 5.04. The van der Waals surface area contributed by atoms with Gasteiger partial charge < -0.3 is 16.0 Å². The highest BCUT2D eigenvalue weighted by Gasteiger charge is 2.27. The summed E-state index contributed by atoms with van der Waals surface area (Å²) in [5.41, 5.74) is 9.03. The van der Waals surface area contributed by atoms with Crippen LogP contribution >= 0.6 is 0 Å². The Bertz CT molecular complexity index is 828. The average Bonchev–Trinajstić information content (AvgIpc) is 3.07. The lowest BCUT2D eigenvalue weighted by atomic mass is 9.96. The van der Waals surface area contributed by atoms with E-state index >= 15 is 0 Å². The van der Waals surface area contributed by atoms with Crippen LogP contribution in [0.15, 0.2) is 48.5 Å². The molecular formula is C22H27N3O2. The fourth-order valence-corrected chi connectivity index (χ4v) is 3.48. The fourth-order valence-electron chi connectivity index (χ4n) is 3.48. The second-order valence-corrected chi connectivity index (χ2v) is 7.42. The molecule has 1 atom stereocenters. The number of nitrogens with zero attached hydrogens (tertiary/aromatic N) is 1. The molecule has 1 aliphatic rings. The molecule has 2 amide bonds. The number of para-hydroxylation sites is 1. The Morgan fingerprint density at radius 2 is 1.85 bits per heavy atom. The molecule has 0 spiro atoms. The Morgan fingerprint density at radius 1 is 1.15 bits per heavy atom. The minimum atomic E-state index is -0.882. The van der Waals surface area contributed by atoms with Crippen molar-refractivity contribution in [2.24, 2.45) is 5.73 Å². The molecule has 2 aromatic rings. The van der Waals surface area contributed by atoms with E-state index in [1.165, 1.54) is 5.56 Å². The predicted molar refractivity (Wildman–Crippen MR) is 109 cm³/mol. The Labute approximate surface area is 160 Å². The highest BCUT2D eigenvalue weighted by atomic mass is 16.2. The van der Waals surface area contributed by atoms with Crippen LogP contribution in [-0.4, -0.2) is 23.9 Å². The van der Waals surface area contributed by atoms with E-state index in [-0.39, 0.29) is 11.8 Å². The maximum absolute atomic E-state index is 12.7. The minimum Gasteiger partial charge on any atom is -0.325 e. The summed E-state index contributed by atoms with van der Waals surface area (Å²) in [6, 6.07) is 15.4. The van der Waals surface area contributed by atoms with E-state index in [1.807, 2.05) is 54.3 Å². The van der Waals surface area contributed by atoms with Crippen molar-refractivity contribution in [2.45, 2.75) is 45.1 Å². The van der Waals surface area contributed by atoms with E-state index < -0.39 is 5.54 Å². The van der Waals surface area contributed by atoms with Gasteiger partial charge in [0, 0.05) is 17.9 Å². The number of nitrogens with two attached hydrogens (primary N) is 1. The Hall–Kier alpha value is -2.66. The van der Waals surface area contributed by atoms with Gasteiger partial charge in [0.15, 0.2) is 0 Å². The molecule has 2 aromatic carbocycles. The van der Waals surface area contributed by atoms with Crippen LogP contribution in [0.4, 0.5) is 11.4 Å². The highest BCUT2D eigenvalue weighted by molar-refractivity contribution is 5.98. The van der Waals surface area contributed by atoms with Gasteiger partial charge in [-0.3, -0.25) is 9.59 Å². The summed E-state index contributed by atoms with van der Waals surface area (Å²) in [5.74, 6) is -0.101. The lowest BCUT2D eigenvalue weighted by Crippen LogP contribution is -2.48. The monoisotopic (exact) mass is 365 g/mol. The molecule has 0 aromatic heterocycles. The summed E-state index contributed by atoms with van der Waals surface area (Å²) in [6.45, 7) is 4.48. The Morgan fingerprint density at radius 3 is 2.56 bits per heavy atom. The van der Waals surface area contributed by atoms with E-state index in [0.29, 0.717) is 18.5 Å². The molecule has 1 unspecified atom stereocenters. The van der Waals surface area contributed by atoms with Crippen molar-refractivity contribution in [3.63, 3.8) is 0 Å². The molecule has 0 radical (unpaired) electrons. The van der Waals surface area contributed by atoms with E-state index in [4.69, 9.17) is 5.73 Å². The number of amides is 2. The van der Waals surface area contributed by atoms with Gasteiger partial charge in [-0.25, -0.2) is 0 Å². The van der Waals surface area contributed by atoms with Gasteiger partial charge in [-0.05, 0) is 49.1 Å². The number of hydrogen-bond donors (Lipinski definition) is 2. The zero-order valence-corrected chi connectivity index (χ0v) is 16.0. The molecule has 0 saturated carbocycles.